The van der Waals surface area contributed by atoms with E-state index in [9.17, 15) is 5.11 Å². The predicted molar refractivity (Wildman–Crippen MR) is 46.0 cm³/mol. The molecule has 4 N–H and O–H groups in total. The summed E-state index contributed by atoms with van der Waals surface area (Å²) in [7, 11) is 0. The maximum atomic E-state index is 9.37. The number of aliphatic hydroxyl groups is 1. The lowest BCUT2D eigenvalue weighted by Crippen LogP contribution is -2.26. The second-order valence-corrected chi connectivity index (χ2v) is 3.06. The number of hydrogen-bond donors (Lipinski definition) is 2. The minimum atomic E-state index is -0.321. The smallest absolute Gasteiger partial charge is 0.0619 e. The zero-order valence-electron chi connectivity index (χ0n) is 6.60. The van der Waals surface area contributed by atoms with E-state index in [2.05, 4.69) is 0 Å². The zero-order valence-corrected chi connectivity index (χ0v) is 7.41. The monoisotopic (exact) mass is 167 g/mol. The number of rotatable bonds is 0. The van der Waals surface area contributed by atoms with Crippen LogP contribution in [0.4, 0.5) is 0 Å². The van der Waals surface area contributed by atoms with Crippen molar-refractivity contribution in [3.05, 3.63) is 0 Å². The Labute approximate surface area is 69.0 Å². The first kappa shape index (κ1) is 12.8. The van der Waals surface area contributed by atoms with Crippen LogP contribution in [-0.4, -0.2) is 10.7 Å². The van der Waals surface area contributed by atoms with Crippen LogP contribution in [0.3, 0.4) is 0 Å². The van der Waals surface area contributed by atoms with E-state index in [1.54, 1.807) is 0 Å². The molecule has 0 aromatic heterocycles. The lowest BCUT2D eigenvalue weighted by atomic mass is 9.87. The van der Waals surface area contributed by atoms with Crippen molar-refractivity contribution in [1.29, 1.82) is 0 Å². The van der Waals surface area contributed by atoms with Gasteiger partial charge in [-0.2, -0.15) is 0 Å². The molecule has 0 aliphatic heterocycles. The second-order valence-electron chi connectivity index (χ2n) is 3.06. The Morgan fingerprint density at radius 1 is 1.10 bits per heavy atom. The topological polar surface area (TPSA) is 55.2 Å². The molecule has 0 saturated heterocycles. The van der Waals surface area contributed by atoms with Gasteiger partial charge in [0.2, 0.25) is 0 Å². The molecule has 64 valence electrons. The molecule has 1 fully saturated rings. The molecule has 2 nitrogen and oxygen atoms in total. The van der Waals surface area contributed by atoms with E-state index in [-0.39, 0.29) is 24.2 Å². The third-order valence-electron chi connectivity index (χ3n) is 1.93. The standard InChI is InChI=1S/C7H14O.ClH.H3N/c1-7(8)5-3-2-4-6-7;;/h8H,2-6H2,1H3;1H;1H3. The third kappa shape index (κ3) is 4.09. The highest BCUT2D eigenvalue weighted by Gasteiger charge is 2.22. The van der Waals surface area contributed by atoms with Crippen LogP contribution in [0.25, 0.3) is 0 Å². The molecule has 1 saturated carbocycles. The van der Waals surface area contributed by atoms with Gasteiger partial charge in [0, 0.05) is 0 Å². The Morgan fingerprint density at radius 3 is 1.70 bits per heavy atom. The molecular weight excluding hydrogens is 150 g/mol. The van der Waals surface area contributed by atoms with Crippen LogP contribution >= 0.6 is 12.4 Å². The van der Waals surface area contributed by atoms with Gasteiger partial charge in [-0.05, 0) is 19.8 Å². The summed E-state index contributed by atoms with van der Waals surface area (Å²) in [5.74, 6) is 0. The highest BCUT2D eigenvalue weighted by Crippen LogP contribution is 2.26. The van der Waals surface area contributed by atoms with E-state index >= 15 is 0 Å². The van der Waals surface area contributed by atoms with E-state index in [0.29, 0.717) is 0 Å². The summed E-state index contributed by atoms with van der Waals surface area (Å²) in [4.78, 5) is 0. The summed E-state index contributed by atoms with van der Waals surface area (Å²) in [5, 5.41) is 9.37. The molecule has 0 aromatic rings. The van der Waals surface area contributed by atoms with Crippen LogP contribution in [0.5, 0.6) is 0 Å². The first-order valence-corrected chi connectivity index (χ1v) is 3.43. The van der Waals surface area contributed by atoms with Crippen molar-refractivity contribution >= 4 is 12.4 Å². The molecule has 1 aliphatic rings. The molecule has 0 unspecified atom stereocenters. The SMILES string of the molecule is CC1(O)CCCCC1.Cl.N. The molecule has 1 aliphatic carbocycles. The van der Waals surface area contributed by atoms with Gasteiger partial charge in [-0.3, -0.25) is 0 Å². The van der Waals surface area contributed by atoms with Crippen molar-refractivity contribution in [2.24, 2.45) is 0 Å². The molecule has 0 radical (unpaired) electrons. The van der Waals surface area contributed by atoms with E-state index in [0.717, 1.165) is 12.8 Å². The fourth-order valence-electron chi connectivity index (χ4n) is 1.31. The Morgan fingerprint density at radius 2 is 1.50 bits per heavy atom. The first-order chi connectivity index (χ1) is 3.71. The highest BCUT2D eigenvalue weighted by atomic mass is 35.5. The third-order valence-corrected chi connectivity index (χ3v) is 1.93. The molecule has 0 aromatic carbocycles. The summed E-state index contributed by atoms with van der Waals surface area (Å²) in [6.07, 6.45) is 5.76. The lowest BCUT2D eigenvalue weighted by Gasteiger charge is -2.27. The minimum Gasteiger partial charge on any atom is -0.390 e. The van der Waals surface area contributed by atoms with Gasteiger partial charge in [0.05, 0.1) is 5.60 Å². The second kappa shape index (κ2) is 4.94. The molecule has 10 heavy (non-hydrogen) atoms. The molecule has 0 atom stereocenters. The molecule has 0 bridgehead atoms. The fraction of sp³-hybridized carbons (Fsp3) is 1.00. The Balaban J connectivity index is 0. The summed E-state index contributed by atoms with van der Waals surface area (Å²) < 4.78 is 0. The average molecular weight is 168 g/mol. The molecular formula is C7H18ClNO. The zero-order chi connectivity index (χ0) is 6.04. The summed E-state index contributed by atoms with van der Waals surface area (Å²) in [6, 6.07) is 0. The Hall–Kier alpha value is 0.210. The van der Waals surface area contributed by atoms with Gasteiger partial charge in [0.1, 0.15) is 0 Å². The fourth-order valence-corrected chi connectivity index (χ4v) is 1.31. The Kier molecular flexibility index (Phi) is 6.35. The maximum absolute atomic E-state index is 9.37. The predicted octanol–water partition coefficient (Wildman–Crippen LogP) is 2.29. The van der Waals surface area contributed by atoms with Crippen molar-refractivity contribution < 1.29 is 5.11 Å². The van der Waals surface area contributed by atoms with Gasteiger partial charge in [-0.15, -0.1) is 12.4 Å². The largest absolute Gasteiger partial charge is 0.390 e. The van der Waals surface area contributed by atoms with Crippen molar-refractivity contribution in [2.75, 3.05) is 0 Å². The van der Waals surface area contributed by atoms with Crippen LogP contribution in [0.1, 0.15) is 39.0 Å². The minimum absolute atomic E-state index is 0. The van der Waals surface area contributed by atoms with E-state index in [1.165, 1.54) is 19.3 Å². The van der Waals surface area contributed by atoms with E-state index in [4.69, 9.17) is 0 Å². The lowest BCUT2D eigenvalue weighted by molar-refractivity contribution is 0.0225. The molecule has 0 heterocycles. The highest BCUT2D eigenvalue weighted by molar-refractivity contribution is 5.85. The molecule has 1 rings (SSSR count). The quantitative estimate of drug-likeness (QED) is 0.582. The van der Waals surface area contributed by atoms with Gasteiger partial charge < -0.3 is 11.3 Å². The number of hydrogen-bond acceptors (Lipinski definition) is 2. The number of halogens is 1. The first-order valence-electron chi connectivity index (χ1n) is 3.43. The van der Waals surface area contributed by atoms with Gasteiger partial charge >= 0.3 is 0 Å². The van der Waals surface area contributed by atoms with Crippen LogP contribution in [-0.2, 0) is 0 Å². The van der Waals surface area contributed by atoms with Crippen LogP contribution < -0.4 is 6.15 Å². The summed E-state index contributed by atoms with van der Waals surface area (Å²) in [6.45, 7) is 1.94. The average Bonchev–Trinajstić information content (AvgIpc) is 1.65. The maximum Gasteiger partial charge on any atom is 0.0619 e. The van der Waals surface area contributed by atoms with E-state index in [1.807, 2.05) is 6.92 Å². The van der Waals surface area contributed by atoms with Gasteiger partial charge in [-0.25, -0.2) is 0 Å². The summed E-state index contributed by atoms with van der Waals surface area (Å²) >= 11 is 0. The van der Waals surface area contributed by atoms with E-state index < -0.39 is 0 Å². The van der Waals surface area contributed by atoms with Crippen LogP contribution in [0.15, 0.2) is 0 Å². The molecule has 0 spiro atoms. The normalized spacial score (nSPS) is 22.2. The van der Waals surface area contributed by atoms with Crippen LogP contribution in [0, 0.1) is 0 Å². The molecule has 3 heteroatoms. The Bertz CT molecular complexity index is 77.7. The van der Waals surface area contributed by atoms with Gasteiger partial charge in [0.25, 0.3) is 0 Å². The van der Waals surface area contributed by atoms with Gasteiger partial charge in [0.15, 0.2) is 0 Å². The van der Waals surface area contributed by atoms with Crippen molar-refractivity contribution in [3.8, 4) is 0 Å². The van der Waals surface area contributed by atoms with Crippen molar-refractivity contribution in [3.63, 3.8) is 0 Å². The van der Waals surface area contributed by atoms with Crippen molar-refractivity contribution in [1.82, 2.24) is 6.15 Å². The van der Waals surface area contributed by atoms with Gasteiger partial charge in [-0.1, -0.05) is 19.3 Å². The summed E-state index contributed by atoms with van der Waals surface area (Å²) in [5.41, 5.74) is -0.321. The molecule has 0 amide bonds. The van der Waals surface area contributed by atoms with Crippen LogP contribution in [0.2, 0.25) is 0 Å². The van der Waals surface area contributed by atoms with Crippen molar-refractivity contribution in [2.45, 2.75) is 44.6 Å².